The van der Waals surface area contributed by atoms with Gasteiger partial charge in [0.05, 0.1) is 30.5 Å². The summed E-state index contributed by atoms with van der Waals surface area (Å²) in [5.74, 6) is 0.484. The second-order valence-electron chi connectivity index (χ2n) is 6.36. The van der Waals surface area contributed by atoms with Gasteiger partial charge in [0.1, 0.15) is 6.29 Å². The minimum atomic E-state index is -0.331. The summed E-state index contributed by atoms with van der Waals surface area (Å²) in [7, 11) is 0. The number of hydrogen-bond acceptors (Lipinski definition) is 6. The van der Waals surface area contributed by atoms with Crippen molar-refractivity contribution < 1.29 is 23.8 Å². The molecular formula is C21H23ClN2O5. The van der Waals surface area contributed by atoms with Gasteiger partial charge in [0.25, 0.3) is 5.91 Å². The molecule has 1 amide bonds. The Morgan fingerprint density at radius 3 is 2.66 bits per heavy atom. The number of nitrogens with one attached hydrogen (secondary N) is 1. The Kier molecular flexibility index (Phi) is 7.32. The molecule has 2 aromatic rings. The molecule has 0 atom stereocenters. The highest BCUT2D eigenvalue weighted by Gasteiger charge is 2.15. The predicted octanol–water partition coefficient (Wildman–Crippen LogP) is 3.41. The number of anilines is 2. The van der Waals surface area contributed by atoms with E-state index in [4.69, 9.17) is 25.8 Å². The Morgan fingerprint density at radius 2 is 1.97 bits per heavy atom. The fraction of sp³-hybridized carbons (Fsp3) is 0.333. The maximum Gasteiger partial charge on any atom is 0.262 e. The van der Waals surface area contributed by atoms with Crippen LogP contribution in [-0.4, -0.2) is 51.7 Å². The van der Waals surface area contributed by atoms with Gasteiger partial charge < -0.3 is 24.4 Å². The quantitative estimate of drug-likeness (QED) is 0.662. The smallest absolute Gasteiger partial charge is 0.262 e. The molecule has 0 saturated carbocycles. The SMILES string of the molecule is CCOc1cc(C=O)ccc1OCC(=O)Nc1ccc(N2CCOCC2)c(Cl)c1. The molecule has 0 bridgehead atoms. The highest BCUT2D eigenvalue weighted by Crippen LogP contribution is 2.30. The molecule has 0 radical (unpaired) electrons. The molecule has 8 heteroatoms. The summed E-state index contributed by atoms with van der Waals surface area (Å²) in [6, 6.07) is 10.2. The molecule has 0 spiro atoms. The van der Waals surface area contributed by atoms with Crippen LogP contribution < -0.4 is 19.7 Å². The van der Waals surface area contributed by atoms with Gasteiger partial charge >= 0.3 is 0 Å². The van der Waals surface area contributed by atoms with E-state index in [0.29, 0.717) is 47.6 Å². The molecular weight excluding hydrogens is 396 g/mol. The standard InChI is InChI=1S/C21H23ClN2O5/c1-2-28-20-11-15(13-25)3-6-19(20)29-14-21(26)23-16-4-5-18(17(22)12-16)24-7-9-27-10-8-24/h3-6,11-13H,2,7-10,14H2,1H3,(H,23,26). The van der Waals surface area contributed by atoms with Crippen LogP contribution in [0, 0.1) is 0 Å². The van der Waals surface area contributed by atoms with Crippen molar-refractivity contribution in [2.75, 3.05) is 49.7 Å². The van der Waals surface area contributed by atoms with Crippen molar-refractivity contribution in [3.05, 3.63) is 47.0 Å². The minimum absolute atomic E-state index is 0.205. The first-order chi connectivity index (χ1) is 14.1. The van der Waals surface area contributed by atoms with Crippen molar-refractivity contribution in [2.45, 2.75) is 6.92 Å². The summed E-state index contributed by atoms with van der Waals surface area (Å²) in [5, 5.41) is 3.33. The summed E-state index contributed by atoms with van der Waals surface area (Å²) < 4.78 is 16.4. The molecule has 1 fully saturated rings. The summed E-state index contributed by atoms with van der Waals surface area (Å²) in [6.45, 7) is 4.94. The van der Waals surface area contributed by atoms with Gasteiger partial charge in [-0.05, 0) is 43.3 Å². The molecule has 1 aliphatic rings. The first-order valence-corrected chi connectivity index (χ1v) is 9.75. The molecule has 3 rings (SSSR count). The van der Waals surface area contributed by atoms with Gasteiger partial charge in [-0.3, -0.25) is 9.59 Å². The van der Waals surface area contributed by atoms with E-state index in [1.807, 2.05) is 13.0 Å². The Morgan fingerprint density at radius 1 is 1.17 bits per heavy atom. The van der Waals surface area contributed by atoms with Crippen LogP contribution in [0.5, 0.6) is 11.5 Å². The maximum atomic E-state index is 12.3. The van der Waals surface area contributed by atoms with E-state index < -0.39 is 0 Å². The van der Waals surface area contributed by atoms with Crippen molar-refractivity contribution in [1.29, 1.82) is 0 Å². The number of carbonyl (C=O) groups excluding carboxylic acids is 2. The highest BCUT2D eigenvalue weighted by molar-refractivity contribution is 6.33. The number of hydrogen-bond donors (Lipinski definition) is 1. The van der Waals surface area contributed by atoms with E-state index in [0.717, 1.165) is 25.1 Å². The zero-order valence-electron chi connectivity index (χ0n) is 16.2. The number of amides is 1. The zero-order chi connectivity index (χ0) is 20.6. The van der Waals surface area contributed by atoms with Crippen molar-refractivity contribution in [2.24, 2.45) is 0 Å². The van der Waals surface area contributed by atoms with Crippen molar-refractivity contribution in [3.63, 3.8) is 0 Å². The average molecular weight is 419 g/mol. The van der Waals surface area contributed by atoms with Gasteiger partial charge in [-0.15, -0.1) is 0 Å². The predicted molar refractivity (Wildman–Crippen MR) is 112 cm³/mol. The fourth-order valence-electron chi connectivity index (χ4n) is 2.97. The Hall–Kier alpha value is -2.77. The lowest BCUT2D eigenvalue weighted by Crippen LogP contribution is -2.36. The van der Waals surface area contributed by atoms with Gasteiger partial charge in [-0.2, -0.15) is 0 Å². The van der Waals surface area contributed by atoms with Crippen molar-refractivity contribution in [3.8, 4) is 11.5 Å². The van der Waals surface area contributed by atoms with Gasteiger partial charge in [-0.1, -0.05) is 11.6 Å². The monoisotopic (exact) mass is 418 g/mol. The van der Waals surface area contributed by atoms with Crippen molar-refractivity contribution in [1.82, 2.24) is 0 Å². The molecule has 1 saturated heterocycles. The number of aldehydes is 1. The number of morpholine rings is 1. The average Bonchev–Trinajstić information content (AvgIpc) is 2.73. The van der Waals surface area contributed by atoms with Crippen LogP contribution >= 0.6 is 11.6 Å². The summed E-state index contributed by atoms with van der Waals surface area (Å²) in [6.07, 6.45) is 0.726. The van der Waals surface area contributed by atoms with Gasteiger partial charge in [-0.25, -0.2) is 0 Å². The number of nitrogens with zero attached hydrogens (tertiary/aromatic N) is 1. The molecule has 0 aromatic heterocycles. The number of ether oxygens (including phenoxy) is 3. The summed E-state index contributed by atoms with van der Waals surface area (Å²) >= 11 is 6.39. The van der Waals surface area contributed by atoms with Gasteiger partial charge in [0.2, 0.25) is 0 Å². The third-order valence-corrected chi connectivity index (χ3v) is 4.65. The lowest BCUT2D eigenvalue weighted by Gasteiger charge is -2.29. The van der Waals surface area contributed by atoms with Crippen LogP contribution in [0.25, 0.3) is 0 Å². The lowest BCUT2D eigenvalue weighted by atomic mass is 10.2. The highest BCUT2D eigenvalue weighted by atomic mass is 35.5. The third-order valence-electron chi connectivity index (χ3n) is 4.35. The summed E-state index contributed by atoms with van der Waals surface area (Å²) in [5.41, 5.74) is 1.98. The van der Waals surface area contributed by atoms with Crippen LogP contribution in [0.15, 0.2) is 36.4 Å². The molecule has 7 nitrogen and oxygen atoms in total. The van der Waals surface area contributed by atoms with Crippen LogP contribution in [0.2, 0.25) is 5.02 Å². The third kappa shape index (κ3) is 5.62. The molecule has 154 valence electrons. The van der Waals surface area contributed by atoms with Crippen LogP contribution in [-0.2, 0) is 9.53 Å². The van der Waals surface area contributed by atoms with Crippen molar-refractivity contribution >= 4 is 35.2 Å². The fourth-order valence-corrected chi connectivity index (χ4v) is 3.27. The Balaban J connectivity index is 1.59. The minimum Gasteiger partial charge on any atom is -0.490 e. The number of halogens is 1. The van der Waals surface area contributed by atoms with Gasteiger partial charge in [0, 0.05) is 24.3 Å². The number of benzene rings is 2. The molecule has 1 aliphatic heterocycles. The molecule has 29 heavy (non-hydrogen) atoms. The summed E-state index contributed by atoms with van der Waals surface area (Å²) in [4.78, 5) is 25.3. The van der Waals surface area contributed by atoms with Crippen LogP contribution in [0.3, 0.4) is 0 Å². The van der Waals surface area contributed by atoms with Gasteiger partial charge in [0.15, 0.2) is 18.1 Å². The normalized spacial score (nSPS) is 13.7. The van der Waals surface area contributed by atoms with E-state index in [-0.39, 0.29) is 12.5 Å². The van der Waals surface area contributed by atoms with E-state index in [2.05, 4.69) is 10.2 Å². The second-order valence-corrected chi connectivity index (χ2v) is 6.77. The zero-order valence-corrected chi connectivity index (χ0v) is 16.9. The van der Waals surface area contributed by atoms with Crippen LogP contribution in [0.1, 0.15) is 17.3 Å². The molecule has 2 aromatic carbocycles. The molecule has 0 aliphatic carbocycles. The maximum absolute atomic E-state index is 12.3. The Bertz CT molecular complexity index is 868. The molecule has 1 heterocycles. The molecule has 0 unspecified atom stereocenters. The number of rotatable bonds is 8. The topological polar surface area (TPSA) is 77.1 Å². The van der Waals surface area contributed by atoms with E-state index in [9.17, 15) is 9.59 Å². The van der Waals surface area contributed by atoms with E-state index in [1.54, 1.807) is 30.3 Å². The largest absolute Gasteiger partial charge is 0.490 e. The first kappa shape index (κ1) is 21.0. The lowest BCUT2D eigenvalue weighted by molar-refractivity contribution is -0.118. The Labute approximate surface area is 174 Å². The molecule has 1 N–H and O–H groups in total. The second kappa shape index (κ2) is 10.1. The first-order valence-electron chi connectivity index (χ1n) is 9.37. The number of carbonyl (C=O) groups is 2. The van der Waals surface area contributed by atoms with Crippen LogP contribution in [0.4, 0.5) is 11.4 Å². The van der Waals surface area contributed by atoms with E-state index in [1.165, 1.54) is 0 Å². The van der Waals surface area contributed by atoms with E-state index >= 15 is 0 Å².